The molecule has 2 bridgehead atoms. The van der Waals surface area contributed by atoms with Crippen LogP contribution in [-0.4, -0.2) is 16.7 Å². The Labute approximate surface area is 180 Å². The molecule has 3 fully saturated rings. The van der Waals surface area contributed by atoms with Crippen molar-refractivity contribution in [2.45, 2.75) is 37.1 Å². The first-order chi connectivity index (χ1) is 15.1. The van der Waals surface area contributed by atoms with Crippen LogP contribution in [0, 0.1) is 56.2 Å². The molecular weight excluding hydrogens is 390 g/mol. The maximum Gasteiger partial charge on any atom is 0.217 e. The molecule has 5 rings (SSSR count). The molecule has 31 heavy (non-hydrogen) atoms. The SMILES string of the molecule is N#CC1(C#N)C(c2cccnc2)OC23CCC(c4ccccc4)CC2C1(C#N)C(=N)O3. The zero-order valence-corrected chi connectivity index (χ0v) is 16.7. The van der Waals surface area contributed by atoms with E-state index < -0.39 is 28.6 Å². The van der Waals surface area contributed by atoms with Gasteiger partial charge in [-0.25, -0.2) is 0 Å². The molecule has 5 unspecified atom stereocenters. The van der Waals surface area contributed by atoms with Gasteiger partial charge in [-0.2, -0.15) is 15.8 Å². The van der Waals surface area contributed by atoms with Gasteiger partial charge in [-0.15, -0.1) is 0 Å². The molecule has 3 aliphatic rings. The summed E-state index contributed by atoms with van der Waals surface area (Å²) in [7, 11) is 0. The lowest BCUT2D eigenvalue weighted by molar-refractivity contribution is -0.296. The highest BCUT2D eigenvalue weighted by Crippen LogP contribution is 2.70. The third-order valence-electron chi connectivity index (χ3n) is 7.17. The Kier molecular flexibility index (Phi) is 4.12. The predicted octanol–water partition coefficient (Wildman–Crippen LogP) is 3.98. The third-order valence-corrected chi connectivity index (χ3v) is 7.17. The average Bonchev–Trinajstić information content (AvgIpc) is 3.03. The molecule has 1 aliphatic carbocycles. The van der Waals surface area contributed by atoms with Gasteiger partial charge in [0.15, 0.2) is 5.41 Å². The second-order valence-corrected chi connectivity index (χ2v) is 8.41. The van der Waals surface area contributed by atoms with Crippen molar-refractivity contribution in [3.8, 4) is 18.2 Å². The van der Waals surface area contributed by atoms with Crippen molar-refractivity contribution in [1.29, 1.82) is 21.2 Å². The topological polar surface area (TPSA) is 127 Å². The quantitative estimate of drug-likeness (QED) is 0.799. The lowest BCUT2D eigenvalue weighted by atomic mass is 9.50. The molecule has 1 aromatic heterocycles. The van der Waals surface area contributed by atoms with Crippen LogP contribution in [0.4, 0.5) is 0 Å². The minimum absolute atomic E-state index is 0.121. The molecule has 3 heterocycles. The summed E-state index contributed by atoms with van der Waals surface area (Å²) in [6.45, 7) is 0. The van der Waals surface area contributed by atoms with E-state index >= 15 is 0 Å². The summed E-state index contributed by atoms with van der Waals surface area (Å²) >= 11 is 0. The number of rotatable bonds is 2. The van der Waals surface area contributed by atoms with E-state index in [9.17, 15) is 15.8 Å². The molecule has 1 aromatic carbocycles. The van der Waals surface area contributed by atoms with E-state index in [1.54, 1.807) is 18.3 Å². The predicted molar refractivity (Wildman–Crippen MR) is 108 cm³/mol. The number of benzene rings is 1. The van der Waals surface area contributed by atoms with E-state index in [4.69, 9.17) is 14.9 Å². The molecule has 7 nitrogen and oxygen atoms in total. The second kappa shape index (κ2) is 6.64. The van der Waals surface area contributed by atoms with Gasteiger partial charge in [0.2, 0.25) is 17.1 Å². The molecule has 0 spiro atoms. The van der Waals surface area contributed by atoms with Gasteiger partial charge in [-0.3, -0.25) is 10.4 Å². The Morgan fingerprint density at radius 3 is 2.39 bits per heavy atom. The van der Waals surface area contributed by atoms with E-state index in [0.717, 1.165) is 12.0 Å². The first kappa shape index (κ1) is 19.2. The van der Waals surface area contributed by atoms with E-state index in [0.29, 0.717) is 18.4 Å². The van der Waals surface area contributed by atoms with Crippen LogP contribution >= 0.6 is 0 Å². The summed E-state index contributed by atoms with van der Waals surface area (Å²) in [4.78, 5) is 4.11. The zero-order chi connectivity index (χ0) is 21.7. The number of hydrogen-bond donors (Lipinski definition) is 1. The van der Waals surface area contributed by atoms with Crippen molar-refractivity contribution in [2.24, 2.45) is 16.7 Å². The summed E-state index contributed by atoms with van der Waals surface area (Å²) in [6, 6.07) is 19.8. The molecule has 0 amide bonds. The zero-order valence-electron chi connectivity index (χ0n) is 16.7. The molecule has 152 valence electrons. The third kappa shape index (κ3) is 2.29. The lowest BCUT2D eigenvalue weighted by Crippen LogP contribution is -2.60. The Morgan fingerprint density at radius 2 is 1.74 bits per heavy atom. The van der Waals surface area contributed by atoms with Crippen LogP contribution in [0.3, 0.4) is 0 Å². The van der Waals surface area contributed by atoms with Crippen LogP contribution in [0.5, 0.6) is 0 Å². The lowest BCUT2D eigenvalue weighted by Gasteiger charge is -2.52. The molecule has 2 aliphatic heterocycles. The monoisotopic (exact) mass is 409 g/mol. The largest absolute Gasteiger partial charge is 0.447 e. The van der Waals surface area contributed by atoms with Crippen molar-refractivity contribution in [1.82, 2.24) is 4.98 Å². The summed E-state index contributed by atoms with van der Waals surface area (Å²) < 4.78 is 12.4. The normalized spacial score (nSPS) is 35.0. The van der Waals surface area contributed by atoms with Gasteiger partial charge in [0.05, 0.1) is 24.1 Å². The van der Waals surface area contributed by atoms with Gasteiger partial charge in [0, 0.05) is 24.4 Å². The molecule has 1 saturated carbocycles. The maximum atomic E-state index is 10.4. The molecular formula is C24H19N5O2. The standard InChI is InChI=1S/C24H19N5O2/c25-13-22(14-26)20(18-7-4-10-29-12-18)30-24-9-8-17(16-5-2-1-3-6-16)11-19(24)23(22,15-27)21(28)31-24/h1-7,10,12,17,19-20,28H,8-9,11H2. The number of nitrogens with one attached hydrogen (secondary N) is 1. The van der Waals surface area contributed by atoms with Crippen molar-refractivity contribution in [2.75, 3.05) is 0 Å². The molecule has 1 N–H and O–H groups in total. The van der Waals surface area contributed by atoms with Crippen molar-refractivity contribution in [3.05, 3.63) is 66.0 Å². The highest BCUT2D eigenvalue weighted by Gasteiger charge is 2.81. The Morgan fingerprint density at radius 1 is 1.00 bits per heavy atom. The Balaban J connectivity index is 1.69. The van der Waals surface area contributed by atoms with E-state index in [-0.39, 0.29) is 11.8 Å². The Hall–Kier alpha value is -3.73. The number of nitrogens with zero attached hydrogens (tertiary/aromatic N) is 4. The smallest absolute Gasteiger partial charge is 0.217 e. The fourth-order valence-corrected chi connectivity index (χ4v) is 5.70. The van der Waals surface area contributed by atoms with Gasteiger partial charge in [-0.1, -0.05) is 36.4 Å². The van der Waals surface area contributed by atoms with E-state index in [1.165, 1.54) is 6.20 Å². The first-order valence-electron chi connectivity index (χ1n) is 10.2. The molecule has 2 saturated heterocycles. The Bertz CT molecular complexity index is 1150. The highest BCUT2D eigenvalue weighted by atomic mass is 16.7. The van der Waals surface area contributed by atoms with Crippen LogP contribution < -0.4 is 0 Å². The van der Waals surface area contributed by atoms with E-state index in [1.807, 2.05) is 30.3 Å². The summed E-state index contributed by atoms with van der Waals surface area (Å²) in [5, 5.41) is 39.7. The van der Waals surface area contributed by atoms with Crippen molar-refractivity contribution in [3.63, 3.8) is 0 Å². The molecule has 7 heteroatoms. The summed E-state index contributed by atoms with van der Waals surface area (Å²) in [5.74, 6) is -2.04. The summed E-state index contributed by atoms with van der Waals surface area (Å²) in [6.07, 6.45) is 3.78. The van der Waals surface area contributed by atoms with Gasteiger partial charge >= 0.3 is 0 Å². The molecule has 5 atom stereocenters. The maximum absolute atomic E-state index is 10.4. The molecule has 2 aromatic rings. The summed E-state index contributed by atoms with van der Waals surface area (Å²) in [5.41, 5.74) is -2.02. The minimum atomic E-state index is -1.94. The van der Waals surface area contributed by atoms with Gasteiger partial charge < -0.3 is 9.47 Å². The van der Waals surface area contributed by atoms with Crippen molar-refractivity contribution < 1.29 is 9.47 Å². The second-order valence-electron chi connectivity index (χ2n) is 8.41. The molecule has 0 radical (unpaired) electrons. The number of hydrogen-bond acceptors (Lipinski definition) is 7. The van der Waals surface area contributed by atoms with Crippen LogP contribution in [0.1, 0.15) is 42.4 Å². The van der Waals surface area contributed by atoms with Crippen LogP contribution in [0.2, 0.25) is 0 Å². The van der Waals surface area contributed by atoms with Crippen LogP contribution in [-0.2, 0) is 9.47 Å². The van der Waals surface area contributed by atoms with Crippen molar-refractivity contribution >= 4 is 5.90 Å². The number of aromatic nitrogens is 1. The first-order valence-corrected chi connectivity index (χ1v) is 10.2. The number of nitriles is 3. The number of ether oxygens (including phenoxy) is 2. The van der Waals surface area contributed by atoms with Gasteiger partial charge in [0.1, 0.15) is 6.10 Å². The van der Waals surface area contributed by atoms with E-state index in [2.05, 4.69) is 23.2 Å². The minimum Gasteiger partial charge on any atom is -0.447 e. The average molecular weight is 409 g/mol. The van der Waals surface area contributed by atoms with Crippen LogP contribution in [0.25, 0.3) is 0 Å². The number of pyridine rings is 1. The van der Waals surface area contributed by atoms with Gasteiger partial charge in [-0.05, 0) is 30.4 Å². The fourth-order valence-electron chi connectivity index (χ4n) is 5.70. The highest BCUT2D eigenvalue weighted by molar-refractivity contribution is 5.89. The van der Waals surface area contributed by atoms with Crippen LogP contribution in [0.15, 0.2) is 54.9 Å². The van der Waals surface area contributed by atoms with Gasteiger partial charge in [0.25, 0.3) is 0 Å². The fraction of sp³-hybridized carbons (Fsp3) is 0.375.